The number of rotatable bonds is 4. The number of benzene rings is 2. The molecule has 1 aliphatic heterocycles. The zero-order valence-corrected chi connectivity index (χ0v) is 13.5. The maximum atomic E-state index is 12.3. The molecule has 3 rings (SSSR count). The molecule has 2 aromatic carbocycles. The van der Waals surface area contributed by atoms with Crippen molar-refractivity contribution in [2.24, 2.45) is 4.99 Å². The molecule has 0 radical (unpaired) electrons. The van der Waals surface area contributed by atoms with Crippen LogP contribution in [0.15, 0.2) is 59.6 Å². The summed E-state index contributed by atoms with van der Waals surface area (Å²) in [5.41, 5.74) is 1.28. The number of aliphatic imine (C=N–C) groups is 1. The van der Waals surface area contributed by atoms with Gasteiger partial charge in [-0.05, 0) is 17.7 Å². The Morgan fingerprint density at radius 3 is 2.73 bits per heavy atom. The average Bonchev–Trinajstić information content (AvgIpc) is 2.79. The Labute approximate surface area is 148 Å². The first-order valence-corrected chi connectivity index (χ1v) is 7.70. The van der Waals surface area contributed by atoms with Gasteiger partial charge in [0.05, 0.1) is 16.3 Å². The van der Waals surface area contributed by atoms with Crippen molar-refractivity contribution >= 4 is 41.2 Å². The molecule has 8 heteroatoms. The number of fused-ring (bicyclic) bond motifs is 1. The number of amides is 2. The fourth-order valence-corrected chi connectivity index (χ4v) is 2.32. The van der Waals surface area contributed by atoms with E-state index in [1.165, 1.54) is 30.5 Å². The number of anilines is 1. The zero-order chi connectivity index (χ0) is 18.5. The molecule has 2 N–H and O–H groups in total. The normalized spacial score (nSPS) is 15.8. The van der Waals surface area contributed by atoms with Gasteiger partial charge in [-0.25, -0.2) is 0 Å². The third kappa shape index (κ3) is 3.99. The Hall–Kier alpha value is -3.81. The zero-order valence-electron chi connectivity index (χ0n) is 13.5. The molecule has 1 aliphatic rings. The minimum absolute atomic E-state index is 0.160. The van der Waals surface area contributed by atoms with Gasteiger partial charge >= 0.3 is 0 Å². The molecule has 0 aliphatic carbocycles. The Morgan fingerprint density at radius 1 is 1.23 bits per heavy atom. The molecule has 26 heavy (non-hydrogen) atoms. The van der Waals surface area contributed by atoms with E-state index >= 15 is 0 Å². The minimum atomic E-state index is -0.991. The van der Waals surface area contributed by atoms with Crippen molar-refractivity contribution in [1.82, 2.24) is 5.32 Å². The van der Waals surface area contributed by atoms with Gasteiger partial charge < -0.3 is 10.6 Å². The number of hydrogen-bond donors (Lipinski definition) is 2. The maximum absolute atomic E-state index is 12.3. The third-order valence-electron chi connectivity index (χ3n) is 3.62. The highest BCUT2D eigenvalue weighted by atomic mass is 16.6. The first-order valence-electron chi connectivity index (χ1n) is 7.70. The number of non-ortho nitro benzene ring substituents is 1. The first-order chi connectivity index (χ1) is 12.5. The van der Waals surface area contributed by atoms with Gasteiger partial charge in [-0.15, -0.1) is 0 Å². The Kier molecular flexibility index (Phi) is 4.84. The van der Waals surface area contributed by atoms with Gasteiger partial charge in [0.1, 0.15) is 6.04 Å². The molecular weight excluding hydrogens is 336 g/mol. The molecule has 1 atom stereocenters. The van der Waals surface area contributed by atoms with Gasteiger partial charge in [-0.1, -0.05) is 30.3 Å². The fourth-order valence-electron chi connectivity index (χ4n) is 2.32. The molecule has 2 aromatic rings. The van der Waals surface area contributed by atoms with Crippen LogP contribution in [0.2, 0.25) is 0 Å². The van der Waals surface area contributed by atoms with E-state index < -0.39 is 22.8 Å². The SMILES string of the molecule is O=C(/C=C/c1ccccc1)N[C@@H]1C=Nc2ccc([N+](=O)[O-])cc2NC1=O. The van der Waals surface area contributed by atoms with Gasteiger partial charge in [0, 0.05) is 24.4 Å². The summed E-state index contributed by atoms with van der Waals surface area (Å²) in [7, 11) is 0. The highest BCUT2D eigenvalue weighted by Gasteiger charge is 2.23. The summed E-state index contributed by atoms with van der Waals surface area (Å²) in [5.74, 6) is -0.994. The lowest BCUT2D eigenvalue weighted by molar-refractivity contribution is -0.384. The van der Waals surface area contributed by atoms with E-state index in [0.717, 1.165) is 5.56 Å². The monoisotopic (exact) mass is 350 g/mol. The van der Waals surface area contributed by atoms with Crippen molar-refractivity contribution in [3.63, 3.8) is 0 Å². The van der Waals surface area contributed by atoms with Crippen LogP contribution < -0.4 is 10.6 Å². The van der Waals surface area contributed by atoms with Crippen molar-refractivity contribution in [1.29, 1.82) is 0 Å². The van der Waals surface area contributed by atoms with Crippen LogP contribution in [0.5, 0.6) is 0 Å². The topological polar surface area (TPSA) is 114 Å². The highest BCUT2D eigenvalue weighted by Crippen LogP contribution is 2.30. The summed E-state index contributed by atoms with van der Waals surface area (Å²) in [5, 5.41) is 15.9. The summed E-state index contributed by atoms with van der Waals surface area (Å²) < 4.78 is 0. The number of nitro benzene ring substituents is 1. The summed E-state index contributed by atoms with van der Waals surface area (Å²) in [6.07, 6.45) is 4.24. The predicted octanol–water partition coefficient (Wildman–Crippen LogP) is 2.45. The van der Waals surface area contributed by atoms with E-state index in [9.17, 15) is 19.7 Å². The number of carbonyl (C=O) groups is 2. The number of nitro groups is 1. The van der Waals surface area contributed by atoms with Gasteiger partial charge in [0.15, 0.2) is 0 Å². The van der Waals surface area contributed by atoms with E-state index in [1.807, 2.05) is 30.3 Å². The van der Waals surface area contributed by atoms with Gasteiger partial charge in [0.25, 0.3) is 11.6 Å². The largest absolute Gasteiger partial charge is 0.336 e. The highest BCUT2D eigenvalue weighted by molar-refractivity contribution is 6.11. The van der Waals surface area contributed by atoms with Gasteiger partial charge in [0.2, 0.25) is 5.91 Å². The lowest BCUT2D eigenvalue weighted by Crippen LogP contribution is -2.43. The third-order valence-corrected chi connectivity index (χ3v) is 3.62. The Balaban J connectivity index is 1.70. The van der Waals surface area contributed by atoms with Crippen LogP contribution in [-0.4, -0.2) is 29.0 Å². The van der Waals surface area contributed by atoms with Crippen LogP contribution in [0.3, 0.4) is 0 Å². The molecule has 0 saturated heterocycles. The van der Waals surface area contributed by atoms with E-state index in [4.69, 9.17) is 0 Å². The summed E-state index contributed by atoms with van der Waals surface area (Å²) in [4.78, 5) is 38.7. The quantitative estimate of drug-likeness (QED) is 0.501. The molecule has 0 bridgehead atoms. The Bertz CT molecular complexity index is 922. The minimum Gasteiger partial charge on any atom is -0.336 e. The smallest absolute Gasteiger partial charge is 0.271 e. The first kappa shape index (κ1) is 17.0. The van der Waals surface area contributed by atoms with E-state index in [0.29, 0.717) is 5.69 Å². The molecular formula is C18H14N4O4. The standard InChI is InChI=1S/C18H14N4O4/c23-17(9-6-12-4-2-1-3-5-12)20-16-11-19-14-8-7-13(22(25)26)10-15(14)21-18(16)24/h1-11,16H,(H,20,23)(H,21,24)/b9-6+/t16-/m1/s1. The van der Waals surface area contributed by atoms with Crippen molar-refractivity contribution in [2.45, 2.75) is 6.04 Å². The van der Waals surface area contributed by atoms with Crippen LogP contribution in [0, 0.1) is 10.1 Å². The summed E-state index contributed by atoms with van der Waals surface area (Å²) in [6.45, 7) is 0. The van der Waals surface area contributed by atoms with Crippen LogP contribution in [0.1, 0.15) is 5.56 Å². The molecule has 0 fully saturated rings. The van der Waals surface area contributed by atoms with Crippen molar-refractivity contribution in [2.75, 3.05) is 5.32 Å². The molecule has 1 heterocycles. The van der Waals surface area contributed by atoms with E-state index in [1.54, 1.807) is 6.08 Å². The average molecular weight is 350 g/mol. The molecule has 2 amide bonds. The second-order valence-corrected chi connectivity index (χ2v) is 5.46. The molecule has 0 aromatic heterocycles. The van der Waals surface area contributed by atoms with Gasteiger partial charge in [-0.3, -0.25) is 24.7 Å². The van der Waals surface area contributed by atoms with Gasteiger partial charge in [-0.2, -0.15) is 0 Å². The summed E-state index contributed by atoms with van der Waals surface area (Å²) in [6, 6.07) is 12.2. The number of carbonyl (C=O) groups excluding carboxylic acids is 2. The molecule has 8 nitrogen and oxygen atoms in total. The van der Waals surface area contributed by atoms with Crippen LogP contribution in [-0.2, 0) is 9.59 Å². The lowest BCUT2D eigenvalue weighted by Gasteiger charge is -2.11. The predicted molar refractivity (Wildman–Crippen MR) is 97.3 cm³/mol. The number of hydrogen-bond acceptors (Lipinski definition) is 5. The van der Waals surface area contributed by atoms with Crippen molar-refractivity contribution < 1.29 is 14.5 Å². The molecule has 0 spiro atoms. The second kappa shape index (κ2) is 7.39. The van der Waals surface area contributed by atoms with Crippen LogP contribution in [0.4, 0.5) is 17.1 Å². The second-order valence-electron chi connectivity index (χ2n) is 5.46. The van der Waals surface area contributed by atoms with E-state index in [-0.39, 0.29) is 11.4 Å². The summed E-state index contributed by atoms with van der Waals surface area (Å²) >= 11 is 0. The molecule has 0 unspecified atom stereocenters. The fraction of sp³-hybridized carbons (Fsp3) is 0.0556. The van der Waals surface area contributed by atoms with E-state index in [2.05, 4.69) is 15.6 Å². The molecule has 130 valence electrons. The van der Waals surface area contributed by atoms with Crippen molar-refractivity contribution in [3.8, 4) is 0 Å². The number of nitrogens with one attached hydrogen (secondary N) is 2. The number of nitrogens with zero attached hydrogens (tertiary/aromatic N) is 2. The Morgan fingerprint density at radius 2 is 2.00 bits per heavy atom. The van der Waals surface area contributed by atoms with Crippen LogP contribution in [0.25, 0.3) is 6.08 Å². The molecule has 0 saturated carbocycles. The van der Waals surface area contributed by atoms with Crippen molar-refractivity contribution in [3.05, 3.63) is 70.3 Å². The lowest BCUT2D eigenvalue weighted by atomic mass is 10.2. The maximum Gasteiger partial charge on any atom is 0.271 e. The van der Waals surface area contributed by atoms with Crippen LogP contribution >= 0.6 is 0 Å².